The molecule has 0 aliphatic heterocycles. The Morgan fingerprint density at radius 3 is 1.61 bits per heavy atom. The van der Waals surface area contributed by atoms with Crippen LogP contribution < -0.4 is 0 Å². The third-order valence-corrected chi connectivity index (χ3v) is 10.3. The van der Waals surface area contributed by atoms with Crippen molar-refractivity contribution in [3.63, 3.8) is 0 Å². The summed E-state index contributed by atoms with van der Waals surface area (Å²) >= 11 is 0. The lowest BCUT2D eigenvalue weighted by Gasteiger charge is -2.12. The van der Waals surface area contributed by atoms with Gasteiger partial charge in [-0.3, -0.25) is 0 Å². The van der Waals surface area contributed by atoms with Crippen LogP contribution in [0.1, 0.15) is 0 Å². The molecule has 5 heteroatoms. The third kappa shape index (κ3) is 4.90. The van der Waals surface area contributed by atoms with Gasteiger partial charge in [0.05, 0.1) is 0 Å². The molecule has 0 saturated carbocycles. The van der Waals surface area contributed by atoms with E-state index in [1.807, 2.05) is 42.5 Å². The summed E-state index contributed by atoms with van der Waals surface area (Å²) in [6.45, 7) is 0. The van der Waals surface area contributed by atoms with E-state index < -0.39 is 0 Å². The van der Waals surface area contributed by atoms with Gasteiger partial charge in [0.1, 0.15) is 22.3 Å². The summed E-state index contributed by atoms with van der Waals surface area (Å²) in [6.07, 6.45) is 0. The number of aromatic nitrogens is 3. The van der Waals surface area contributed by atoms with E-state index in [0.717, 1.165) is 82.5 Å². The highest BCUT2D eigenvalue weighted by molar-refractivity contribution is 6.19. The largest absolute Gasteiger partial charge is 0.456 e. The third-order valence-electron chi connectivity index (χ3n) is 10.3. The smallest absolute Gasteiger partial charge is 0.164 e. The van der Waals surface area contributed by atoms with Gasteiger partial charge in [0.25, 0.3) is 0 Å². The second-order valence-corrected chi connectivity index (χ2v) is 13.6. The maximum atomic E-state index is 6.72. The molecular weight excluding hydrogens is 663 g/mol. The second-order valence-electron chi connectivity index (χ2n) is 13.6. The van der Waals surface area contributed by atoms with Gasteiger partial charge in [0, 0.05) is 43.6 Å². The van der Waals surface area contributed by atoms with Crippen LogP contribution in [0.4, 0.5) is 0 Å². The number of fused-ring (bicyclic) bond motifs is 8. The SMILES string of the molecule is c1ccc(-c2ccccc2-c2nc(-c3ccc4c(c3)oc3c5ccccc5c(-c5ccccc5)cc43)nc(-c3ccc4oc5ccccc5c4c3)n2)cc1. The fraction of sp³-hybridized carbons (Fsp3) is 0. The van der Waals surface area contributed by atoms with Crippen molar-refractivity contribution in [2.45, 2.75) is 0 Å². The van der Waals surface area contributed by atoms with Gasteiger partial charge in [-0.05, 0) is 70.1 Å². The standard InChI is InChI=1S/C49H29N3O2/c1-3-13-30(14-4-1)34-17-7-10-21-39(34)49-51-47(32-24-26-44-41(27-32)36-19-11-12-22-43(36)53-44)50-48(52-49)33-23-25-37-42-29-40(31-15-5-2-6-16-31)35-18-8-9-20-38(35)46(42)54-45(37)28-33/h1-29H. The summed E-state index contributed by atoms with van der Waals surface area (Å²) < 4.78 is 12.9. The van der Waals surface area contributed by atoms with Crippen LogP contribution in [-0.2, 0) is 0 Å². The average molecular weight is 692 g/mol. The first-order valence-electron chi connectivity index (χ1n) is 18.0. The number of para-hydroxylation sites is 1. The topological polar surface area (TPSA) is 65.0 Å². The van der Waals surface area contributed by atoms with Crippen LogP contribution in [0.5, 0.6) is 0 Å². The van der Waals surface area contributed by atoms with Gasteiger partial charge in [-0.2, -0.15) is 0 Å². The Hall–Kier alpha value is -7.37. The number of hydrogen-bond donors (Lipinski definition) is 0. The van der Waals surface area contributed by atoms with Gasteiger partial charge >= 0.3 is 0 Å². The molecule has 0 unspecified atom stereocenters. The Morgan fingerprint density at radius 2 is 0.833 bits per heavy atom. The summed E-state index contributed by atoms with van der Waals surface area (Å²) in [5.74, 6) is 1.73. The van der Waals surface area contributed by atoms with Crippen molar-refractivity contribution in [2.24, 2.45) is 0 Å². The van der Waals surface area contributed by atoms with Crippen molar-refractivity contribution in [3.8, 4) is 56.4 Å². The lowest BCUT2D eigenvalue weighted by Crippen LogP contribution is -2.01. The zero-order valence-corrected chi connectivity index (χ0v) is 28.9. The first-order chi connectivity index (χ1) is 26.7. The maximum absolute atomic E-state index is 6.72. The highest BCUT2D eigenvalue weighted by Gasteiger charge is 2.19. The molecule has 0 atom stereocenters. The monoisotopic (exact) mass is 691 g/mol. The van der Waals surface area contributed by atoms with Crippen molar-refractivity contribution < 1.29 is 8.83 Å². The van der Waals surface area contributed by atoms with Crippen LogP contribution >= 0.6 is 0 Å². The lowest BCUT2D eigenvalue weighted by molar-refractivity contribution is 0.669. The number of rotatable bonds is 5. The normalized spacial score (nSPS) is 11.7. The highest BCUT2D eigenvalue weighted by Crippen LogP contribution is 2.41. The summed E-state index contributed by atoms with van der Waals surface area (Å²) in [4.78, 5) is 15.5. The van der Waals surface area contributed by atoms with Crippen LogP contribution in [0.25, 0.3) is 111 Å². The molecule has 8 aromatic carbocycles. The molecule has 0 bridgehead atoms. The molecule has 252 valence electrons. The molecule has 0 aliphatic rings. The van der Waals surface area contributed by atoms with Crippen molar-refractivity contribution in [1.82, 2.24) is 15.0 Å². The van der Waals surface area contributed by atoms with Gasteiger partial charge in [-0.25, -0.2) is 15.0 Å². The fourth-order valence-electron chi connectivity index (χ4n) is 7.76. The Labute approximate surface area is 309 Å². The minimum atomic E-state index is 0.562. The zero-order valence-electron chi connectivity index (χ0n) is 28.9. The van der Waals surface area contributed by atoms with Gasteiger partial charge in [-0.1, -0.05) is 133 Å². The van der Waals surface area contributed by atoms with E-state index in [2.05, 4.69) is 133 Å². The van der Waals surface area contributed by atoms with E-state index in [9.17, 15) is 0 Å². The number of benzene rings is 8. The summed E-state index contributed by atoms with van der Waals surface area (Å²) in [6, 6.07) is 60.4. The lowest BCUT2D eigenvalue weighted by atomic mass is 9.95. The van der Waals surface area contributed by atoms with E-state index in [1.54, 1.807) is 0 Å². The van der Waals surface area contributed by atoms with Gasteiger partial charge in [0.2, 0.25) is 0 Å². The predicted molar refractivity (Wildman–Crippen MR) is 219 cm³/mol. The van der Waals surface area contributed by atoms with Crippen molar-refractivity contribution >= 4 is 54.6 Å². The van der Waals surface area contributed by atoms with E-state index in [4.69, 9.17) is 23.8 Å². The quantitative estimate of drug-likeness (QED) is 0.180. The number of hydrogen-bond acceptors (Lipinski definition) is 5. The van der Waals surface area contributed by atoms with E-state index in [-0.39, 0.29) is 0 Å². The predicted octanol–water partition coefficient (Wildman–Crippen LogP) is 13.2. The van der Waals surface area contributed by atoms with Crippen LogP contribution in [0.15, 0.2) is 185 Å². The number of furan rings is 2. The Kier molecular flexibility index (Phi) is 6.79. The number of nitrogens with zero attached hydrogens (tertiary/aromatic N) is 3. The van der Waals surface area contributed by atoms with Gasteiger partial charge in [-0.15, -0.1) is 0 Å². The Bertz CT molecular complexity index is 3220. The van der Waals surface area contributed by atoms with E-state index >= 15 is 0 Å². The molecular formula is C49H29N3O2. The first-order valence-corrected chi connectivity index (χ1v) is 18.0. The van der Waals surface area contributed by atoms with Crippen molar-refractivity contribution in [3.05, 3.63) is 176 Å². The molecule has 0 N–H and O–H groups in total. The summed E-state index contributed by atoms with van der Waals surface area (Å²) in [7, 11) is 0. The molecule has 54 heavy (non-hydrogen) atoms. The van der Waals surface area contributed by atoms with Crippen LogP contribution in [0.3, 0.4) is 0 Å². The molecule has 3 heterocycles. The Balaban J connectivity index is 1.13. The molecule has 0 radical (unpaired) electrons. The molecule has 0 spiro atoms. The first kappa shape index (κ1) is 30.3. The zero-order chi connectivity index (χ0) is 35.6. The van der Waals surface area contributed by atoms with Crippen molar-refractivity contribution in [1.29, 1.82) is 0 Å². The van der Waals surface area contributed by atoms with E-state index in [0.29, 0.717) is 17.5 Å². The average Bonchev–Trinajstić information content (AvgIpc) is 3.81. The molecule has 3 aromatic heterocycles. The molecule has 11 rings (SSSR count). The maximum Gasteiger partial charge on any atom is 0.164 e. The van der Waals surface area contributed by atoms with Crippen LogP contribution in [-0.4, -0.2) is 15.0 Å². The molecule has 5 nitrogen and oxygen atoms in total. The molecule has 0 amide bonds. The van der Waals surface area contributed by atoms with Gasteiger partial charge < -0.3 is 8.83 Å². The highest BCUT2D eigenvalue weighted by atomic mass is 16.3. The molecule has 0 fully saturated rings. The summed E-state index contributed by atoms with van der Waals surface area (Å²) in [5, 5.41) is 6.41. The van der Waals surface area contributed by atoms with Crippen LogP contribution in [0, 0.1) is 0 Å². The molecule has 0 saturated heterocycles. The van der Waals surface area contributed by atoms with Crippen molar-refractivity contribution in [2.75, 3.05) is 0 Å². The minimum Gasteiger partial charge on any atom is -0.456 e. The second kappa shape index (κ2) is 12.1. The minimum absolute atomic E-state index is 0.562. The summed E-state index contributed by atoms with van der Waals surface area (Å²) in [5.41, 5.74) is 10.4. The molecule has 11 aromatic rings. The Morgan fingerprint density at radius 1 is 0.278 bits per heavy atom. The van der Waals surface area contributed by atoms with E-state index in [1.165, 1.54) is 11.1 Å². The molecule has 0 aliphatic carbocycles. The van der Waals surface area contributed by atoms with Gasteiger partial charge in [0.15, 0.2) is 17.5 Å². The van der Waals surface area contributed by atoms with Crippen LogP contribution in [0.2, 0.25) is 0 Å². The fourth-order valence-corrected chi connectivity index (χ4v) is 7.76.